The minimum absolute atomic E-state index is 0.0289. The predicted octanol–water partition coefficient (Wildman–Crippen LogP) is 2.96. The molecule has 0 saturated carbocycles. The van der Waals surface area contributed by atoms with Crippen LogP contribution in [0.25, 0.3) is 6.08 Å². The summed E-state index contributed by atoms with van der Waals surface area (Å²) in [6, 6.07) is 12.4. The zero-order valence-electron chi connectivity index (χ0n) is 14.0. The van der Waals surface area contributed by atoms with E-state index in [1.54, 1.807) is 62.5 Å². The summed E-state index contributed by atoms with van der Waals surface area (Å²) in [5, 5.41) is 9.41. The molecule has 2 aromatic rings. The molecule has 0 aliphatic carbocycles. The van der Waals surface area contributed by atoms with Crippen LogP contribution in [0.1, 0.15) is 19.5 Å². The number of carboxylic acids is 1. The number of amides is 1. The van der Waals surface area contributed by atoms with Gasteiger partial charge in [-0.3, -0.25) is 14.6 Å². The molecule has 1 amide bonds. The molecule has 2 heterocycles. The Morgan fingerprint density at radius 3 is 2.64 bits per heavy atom. The summed E-state index contributed by atoms with van der Waals surface area (Å²) in [5.74, 6) is -0.748. The Labute approximate surface area is 145 Å². The van der Waals surface area contributed by atoms with Gasteiger partial charge in [-0.05, 0) is 38.1 Å². The normalized spacial score (nSPS) is 15.7. The van der Waals surface area contributed by atoms with Crippen LogP contribution in [0.15, 0.2) is 54.4 Å². The topological polar surface area (TPSA) is 79.7 Å². The molecule has 1 N–H and O–H groups in total. The van der Waals surface area contributed by atoms with Gasteiger partial charge in [-0.2, -0.15) is 0 Å². The van der Waals surface area contributed by atoms with Crippen LogP contribution in [0, 0.1) is 5.41 Å². The smallest absolute Gasteiger partial charge is 0.310 e. The average molecular weight is 338 g/mol. The van der Waals surface area contributed by atoms with Crippen LogP contribution in [0.4, 0.5) is 5.69 Å². The first-order chi connectivity index (χ1) is 11.9. The Morgan fingerprint density at radius 1 is 1.24 bits per heavy atom. The van der Waals surface area contributed by atoms with Gasteiger partial charge < -0.3 is 14.7 Å². The minimum atomic E-state index is -1.10. The van der Waals surface area contributed by atoms with Crippen LogP contribution in [-0.2, 0) is 9.59 Å². The molecule has 3 rings (SSSR count). The molecule has 0 radical (unpaired) electrons. The predicted molar refractivity (Wildman–Crippen MR) is 93.1 cm³/mol. The van der Waals surface area contributed by atoms with Crippen molar-refractivity contribution in [2.24, 2.45) is 5.41 Å². The van der Waals surface area contributed by atoms with Crippen molar-refractivity contribution in [1.29, 1.82) is 0 Å². The van der Waals surface area contributed by atoms with Gasteiger partial charge in [0.1, 0.15) is 0 Å². The molecule has 0 spiro atoms. The summed E-state index contributed by atoms with van der Waals surface area (Å²) in [5.41, 5.74) is 0.0404. The maximum atomic E-state index is 12.9. The monoisotopic (exact) mass is 338 g/mol. The van der Waals surface area contributed by atoms with E-state index >= 15 is 0 Å². The van der Waals surface area contributed by atoms with Crippen LogP contribution in [0.3, 0.4) is 0 Å². The number of para-hydroxylation sites is 2. The first-order valence-corrected chi connectivity index (χ1v) is 7.83. The molecule has 1 aromatic heterocycles. The number of nitrogens with zero attached hydrogens (tertiary/aromatic N) is 2. The highest BCUT2D eigenvalue weighted by molar-refractivity contribution is 6.10. The molecule has 6 nitrogen and oxygen atoms in total. The zero-order valence-corrected chi connectivity index (χ0v) is 14.0. The van der Waals surface area contributed by atoms with E-state index in [1.165, 1.54) is 4.90 Å². The van der Waals surface area contributed by atoms with E-state index in [4.69, 9.17) is 4.74 Å². The standard InChI is InChI=1S/C19H18N2O4/c1-19(2,18(23)24)12-21-14-8-3-4-9-15(14)25-16(17(21)22)11-13-7-5-6-10-20-13/h3-11H,12H2,1-2H3,(H,23,24)/b16-11+. The number of hydrogen-bond donors (Lipinski definition) is 1. The van der Waals surface area contributed by atoms with Gasteiger partial charge in [-0.25, -0.2) is 0 Å². The van der Waals surface area contributed by atoms with E-state index in [9.17, 15) is 14.7 Å². The van der Waals surface area contributed by atoms with Crippen LogP contribution in [0.2, 0.25) is 0 Å². The van der Waals surface area contributed by atoms with Gasteiger partial charge in [-0.1, -0.05) is 18.2 Å². The Morgan fingerprint density at radius 2 is 1.96 bits per heavy atom. The van der Waals surface area contributed by atoms with Gasteiger partial charge in [0.05, 0.1) is 16.8 Å². The maximum absolute atomic E-state index is 12.9. The van der Waals surface area contributed by atoms with Crippen molar-refractivity contribution in [1.82, 2.24) is 4.98 Å². The lowest BCUT2D eigenvalue weighted by Gasteiger charge is -2.34. The molecule has 0 fully saturated rings. The molecule has 1 aliphatic rings. The number of carboxylic acid groups (broad SMARTS) is 1. The average Bonchev–Trinajstić information content (AvgIpc) is 2.59. The van der Waals surface area contributed by atoms with E-state index in [2.05, 4.69) is 4.98 Å². The summed E-state index contributed by atoms with van der Waals surface area (Å²) in [6.07, 6.45) is 3.18. The number of carbonyl (C=O) groups excluding carboxylic acids is 1. The number of fused-ring (bicyclic) bond motifs is 1. The second-order valence-electron chi connectivity index (χ2n) is 6.41. The lowest BCUT2D eigenvalue weighted by Crippen LogP contribution is -2.45. The Balaban J connectivity index is 2.03. The highest BCUT2D eigenvalue weighted by Gasteiger charge is 2.37. The van der Waals surface area contributed by atoms with Gasteiger partial charge in [0.15, 0.2) is 11.5 Å². The zero-order chi connectivity index (χ0) is 18.0. The molecule has 25 heavy (non-hydrogen) atoms. The van der Waals surface area contributed by atoms with Crippen LogP contribution in [-0.4, -0.2) is 28.5 Å². The number of ether oxygens (including phenoxy) is 1. The SMILES string of the molecule is CC(C)(CN1C(=O)/C(=C\c2ccccn2)Oc2ccccc21)C(=O)O. The fourth-order valence-corrected chi connectivity index (χ4v) is 2.48. The molecule has 0 atom stereocenters. The Kier molecular flexibility index (Phi) is 4.27. The molecular formula is C19H18N2O4. The largest absolute Gasteiger partial charge is 0.481 e. The third-order valence-electron chi connectivity index (χ3n) is 3.93. The Hall–Kier alpha value is -3.15. The van der Waals surface area contributed by atoms with Crippen LogP contribution in [0.5, 0.6) is 5.75 Å². The van der Waals surface area contributed by atoms with Crippen molar-refractivity contribution >= 4 is 23.6 Å². The van der Waals surface area contributed by atoms with Crippen molar-refractivity contribution < 1.29 is 19.4 Å². The van der Waals surface area contributed by atoms with Gasteiger partial charge in [0, 0.05) is 18.8 Å². The summed E-state index contributed by atoms with van der Waals surface area (Å²) in [7, 11) is 0. The molecule has 1 aromatic carbocycles. The van der Waals surface area contributed by atoms with Crippen molar-refractivity contribution in [2.75, 3.05) is 11.4 Å². The van der Waals surface area contributed by atoms with E-state index in [-0.39, 0.29) is 12.3 Å². The number of benzene rings is 1. The van der Waals surface area contributed by atoms with Crippen molar-refractivity contribution in [3.05, 3.63) is 60.1 Å². The quantitative estimate of drug-likeness (QED) is 0.867. The van der Waals surface area contributed by atoms with Gasteiger partial charge in [0.25, 0.3) is 5.91 Å². The number of anilines is 1. The lowest BCUT2D eigenvalue weighted by molar-refractivity contribution is -0.146. The molecule has 0 saturated heterocycles. The number of hydrogen-bond acceptors (Lipinski definition) is 4. The Bertz CT molecular complexity index is 844. The minimum Gasteiger partial charge on any atom is -0.481 e. The number of aromatic nitrogens is 1. The van der Waals surface area contributed by atoms with Crippen molar-refractivity contribution in [2.45, 2.75) is 13.8 Å². The highest BCUT2D eigenvalue weighted by atomic mass is 16.5. The van der Waals surface area contributed by atoms with E-state index < -0.39 is 17.3 Å². The van der Waals surface area contributed by atoms with Crippen LogP contribution < -0.4 is 9.64 Å². The number of pyridine rings is 1. The first kappa shape index (κ1) is 16.7. The fraction of sp³-hybridized carbons (Fsp3) is 0.211. The summed E-state index contributed by atoms with van der Waals surface area (Å²) in [4.78, 5) is 30.0. The summed E-state index contributed by atoms with van der Waals surface area (Å²) < 4.78 is 5.74. The second kappa shape index (κ2) is 6.39. The van der Waals surface area contributed by atoms with E-state index in [0.717, 1.165) is 0 Å². The number of rotatable bonds is 4. The number of carbonyl (C=O) groups is 2. The maximum Gasteiger partial charge on any atom is 0.310 e. The molecule has 1 aliphatic heterocycles. The fourth-order valence-electron chi connectivity index (χ4n) is 2.48. The molecule has 0 unspecified atom stereocenters. The first-order valence-electron chi connectivity index (χ1n) is 7.83. The lowest BCUT2D eigenvalue weighted by atomic mass is 9.92. The second-order valence-corrected chi connectivity index (χ2v) is 6.41. The summed E-state index contributed by atoms with van der Waals surface area (Å²) >= 11 is 0. The summed E-state index contributed by atoms with van der Waals surface area (Å²) in [6.45, 7) is 3.20. The van der Waals surface area contributed by atoms with Crippen molar-refractivity contribution in [3.63, 3.8) is 0 Å². The highest BCUT2D eigenvalue weighted by Crippen LogP contribution is 2.37. The van der Waals surface area contributed by atoms with Gasteiger partial charge in [0.2, 0.25) is 0 Å². The van der Waals surface area contributed by atoms with Crippen LogP contribution >= 0.6 is 0 Å². The van der Waals surface area contributed by atoms with Gasteiger partial charge >= 0.3 is 5.97 Å². The number of aliphatic carboxylic acids is 1. The van der Waals surface area contributed by atoms with E-state index in [0.29, 0.717) is 17.1 Å². The van der Waals surface area contributed by atoms with E-state index in [1.807, 2.05) is 6.07 Å². The molecular weight excluding hydrogens is 320 g/mol. The third-order valence-corrected chi connectivity index (χ3v) is 3.93. The third kappa shape index (κ3) is 3.38. The van der Waals surface area contributed by atoms with Gasteiger partial charge in [-0.15, -0.1) is 0 Å². The van der Waals surface area contributed by atoms with Crippen molar-refractivity contribution in [3.8, 4) is 5.75 Å². The molecule has 0 bridgehead atoms. The molecule has 6 heteroatoms. The molecule has 128 valence electrons.